The second-order valence-electron chi connectivity index (χ2n) is 5.39. The number of fused-ring (bicyclic) bond motifs is 1. The molecule has 8 nitrogen and oxygen atoms in total. The molecule has 0 bridgehead atoms. The van der Waals surface area contributed by atoms with E-state index in [2.05, 4.69) is 9.97 Å². The molecule has 0 saturated carbocycles. The molecule has 3 rings (SSSR count). The molecule has 0 spiro atoms. The van der Waals surface area contributed by atoms with Crippen LogP contribution in [0.2, 0.25) is 5.02 Å². The Bertz CT molecular complexity index is 1120. The first-order chi connectivity index (χ1) is 12.9. The molecule has 0 amide bonds. The molecule has 138 valence electrons. The number of benzene rings is 2. The lowest BCUT2D eigenvalue weighted by atomic mass is 10.2. The Morgan fingerprint density at radius 3 is 2.81 bits per heavy atom. The van der Waals surface area contributed by atoms with Gasteiger partial charge in [-0.25, -0.2) is 9.78 Å². The molecule has 0 radical (unpaired) electrons. The third-order valence-electron chi connectivity index (χ3n) is 3.67. The van der Waals surface area contributed by atoms with E-state index in [1.54, 1.807) is 18.4 Å². The highest BCUT2D eigenvalue weighted by Gasteiger charge is 2.18. The number of nitro groups is 1. The molecule has 1 aromatic heterocycles. The molecule has 0 aliphatic rings. The lowest BCUT2D eigenvalue weighted by Crippen LogP contribution is -2.14. The predicted octanol–water partition coefficient (Wildman–Crippen LogP) is 3.56. The van der Waals surface area contributed by atoms with Gasteiger partial charge in [-0.1, -0.05) is 11.6 Å². The summed E-state index contributed by atoms with van der Waals surface area (Å²) < 4.78 is 5.12. The number of carbonyl (C=O) groups is 1. The van der Waals surface area contributed by atoms with Gasteiger partial charge in [0.2, 0.25) is 0 Å². The van der Waals surface area contributed by atoms with Crippen molar-refractivity contribution in [3.8, 4) is 0 Å². The van der Waals surface area contributed by atoms with Crippen molar-refractivity contribution >= 4 is 45.9 Å². The molecular weight excluding hydrogens is 394 g/mol. The van der Waals surface area contributed by atoms with E-state index in [9.17, 15) is 19.7 Å². The first kappa shape index (κ1) is 18.9. The van der Waals surface area contributed by atoms with Crippen LogP contribution in [0, 0.1) is 10.1 Å². The van der Waals surface area contributed by atoms with Crippen molar-refractivity contribution in [3.63, 3.8) is 0 Å². The van der Waals surface area contributed by atoms with Crippen LogP contribution in [0.1, 0.15) is 16.2 Å². The number of aromatic amines is 1. The number of hydrogen-bond donors (Lipinski definition) is 1. The number of hydrogen-bond acceptors (Lipinski definition) is 7. The molecule has 10 heteroatoms. The van der Waals surface area contributed by atoms with Crippen molar-refractivity contribution in [3.05, 3.63) is 73.3 Å². The van der Waals surface area contributed by atoms with Crippen LogP contribution in [0.15, 0.2) is 46.1 Å². The number of rotatable bonds is 5. The molecule has 1 heterocycles. The largest absolute Gasteiger partial charge is 0.454 e. The molecular formula is C17H12ClN3O5S. The zero-order chi connectivity index (χ0) is 19.6. The Morgan fingerprint density at radius 2 is 2.11 bits per heavy atom. The van der Waals surface area contributed by atoms with Crippen molar-refractivity contribution in [2.75, 3.05) is 6.26 Å². The minimum absolute atomic E-state index is 0.0330. The molecule has 1 N–H and O–H groups in total. The van der Waals surface area contributed by atoms with E-state index in [0.717, 1.165) is 6.07 Å². The van der Waals surface area contributed by atoms with Gasteiger partial charge in [0.1, 0.15) is 12.4 Å². The SMILES string of the molecule is CSc1ccc(C(=O)OCc2nc3cc(Cl)ccc3c(=O)[nH]2)cc1[N+](=O)[O-]. The van der Waals surface area contributed by atoms with Crippen LogP contribution in [0.25, 0.3) is 10.9 Å². The van der Waals surface area contributed by atoms with Crippen molar-refractivity contribution in [2.24, 2.45) is 0 Å². The van der Waals surface area contributed by atoms with Crippen molar-refractivity contribution in [1.29, 1.82) is 0 Å². The van der Waals surface area contributed by atoms with Crippen LogP contribution < -0.4 is 5.56 Å². The summed E-state index contributed by atoms with van der Waals surface area (Å²) in [4.78, 5) is 42.0. The highest BCUT2D eigenvalue weighted by Crippen LogP contribution is 2.28. The van der Waals surface area contributed by atoms with E-state index < -0.39 is 10.9 Å². The summed E-state index contributed by atoms with van der Waals surface area (Å²) >= 11 is 7.11. The molecule has 0 saturated heterocycles. The van der Waals surface area contributed by atoms with E-state index in [1.165, 1.54) is 30.0 Å². The van der Waals surface area contributed by atoms with Gasteiger partial charge < -0.3 is 9.72 Å². The van der Waals surface area contributed by atoms with Crippen molar-refractivity contribution in [2.45, 2.75) is 11.5 Å². The molecule has 3 aromatic rings. The van der Waals surface area contributed by atoms with Crippen LogP contribution in [0.4, 0.5) is 5.69 Å². The number of nitrogens with one attached hydrogen (secondary N) is 1. The Labute approximate surface area is 161 Å². The minimum Gasteiger partial charge on any atom is -0.454 e. The fraction of sp³-hybridized carbons (Fsp3) is 0.118. The van der Waals surface area contributed by atoms with Gasteiger partial charge in [-0.2, -0.15) is 0 Å². The Hall–Kier alpha value is -2.91. The monoisotopic (exact) mass is 405 g/mol. The van der Waals surface area contributed by atoms with Gasteiger partial charge in [0.25, 0.3) is 11.2 Å². The lowest BCUT2D eigenvalue weighted by molar-refractivity contribution is -0.387. The van der Waals surface area contributed by atoms with Crippen LogP contribution in [0.3, 0.4) is 0 Å². The number of nitrogens with zero attached hydrogens (tertiary/aromatic N) is 2. The molecule has 0 aliphatic heterocycles. The van der Waals surface area contributed by atoms with Gasteiger partial charge in [-0.05, 0) is 36.6 Å². The first-order valence-electron chi connectivity index (χ1n) is 7.57. The Kier molecular flexibility index (Phi) is 5.43. The fourth-order valence-electron chi connectivity index (χ4n) is 2.41. The number of H-pyrrole nitrogens is 1. The molecule has 0 unspecified atom stereocenters. The molecule has 2 aromatic carbocycles. The predicted molar refractivity (Wildman–Crippen MR) is 101 cm³/mol. The smallest absolute Gasteiger partial charge is 0.338 e. The van der Waals surface area contributed by atoms with Crippen LogP contribution in [0.5, 0.6) is 0 Å². The average Bonchev–Trinajstić information content (AvgIpc) is 2.65. The summed E-state index contributed by atoms with van der Waals surface area (Å²) in [6, 6.07) is 8.73. The fourth-order valence-corrected chi connectivity index (χ4v) is 3.12. The van der Waals surface area contributed by atoms with Gasteiger partial charge >= 0.3 is 5.97 Å². The van der Waals surface area contributed by atoms with Crippen LogP contribution in [-0.2, 0) is 11.3 Å². The summed E-state index contributed by atoms with van der Waals surface area (Å²) in [5, 5.41) is 11.9. The number of halogens is 1. The number of carbonyl (C=O) groups excluding carboxylic acids is 1. The van der Waals surface area contributed by atoms with Gasteiger partial charge in [0.15, 0.2) is 0 Å². The topological polar surface area (TPSA) is 115 Å². The molecule has 0 fully saturated rings. The van der Waals surface area contributed by atoms with E-state index in [4.69, 9.17) is 16.3 Å². The maximum Gasteiger partial charge on any atom is 0.338 e. The third kappa shape index (κ3) is 4.09. The maximum atomic E-state index is 12.2. The van der Waals surface area contributed by atoms with E-state index in [-0.39, 0.29) is 29.2 Å². The summed E-state index contributed by atoms with van der Waals surface area (Å²) in [7, 11) is 0. The quantitative estimate of drug-likeness (QED) is 0.298. The average molecular weight is 406 g/mol. The summed E-state index contributed by atoms with van der Waals surface area (Å²) in [5.74, 6) is -0.627. The number of aromatic nitrogens is 2. The van der Waals surface area contributed by atoms with E-state index in [1.807, 2.05) is 0 Å². The highest BCUT2D eigenvalue weighted by atomic mass is 35.5. The Balaban J connectivity index is 1.82. The van der Waals surface area contributed by atoms with Gasteiger partial charge in [0.05, 0.1) is 26.3 Å². The molecule has 0 atom stereocenters. The Morgan fingerprint density at radius 1 is 1.33 bits per heavy atom. The molecule has 0 aliphatic carbocycles. The second-order valence-corrected chi connectivity index (χ2v) is 6.68. The standard InChI is InChI=1S/C17H12ClN3O5S/c1-27-14-5-2-9(6-13(14)21(24)25)17(23)26-8-15-19-12-7-10(18)3-4-11(12)16(22)20-15/h2-7H,8H2,1H3,(H,19,20,22). The van der Waals surface area contributed by atoms with Crippen molar-refractivity contribution in [1.82, 2.24) is 9.97 Å². The zero-order valence-electron chi connectivity index (χ0n) is 13.9. The number of thioether (sulfide) groups is 1. The van der Waals surface area contributed by atoms with E-state index in [0.29, 0.717) is 20.8 Å². The third-order valence-corrected chi connectivity index (χ3v) is 4.69. The maximum absolute atomic E-state index is 12.2. The number of esters is 1. The highest BCUT2D eigenvalue weighted by molar-refractivity contribution is 7.98. The van der Waals surface area contributed by atoms with E-state index >= 15 is 0 Å². The van der Waals surface area contributed by atoms with Crippen LogP contribution >= 0.6 is 23.4 Å². The van der Waals surface area contributed by atoms with Gasteiger partial charge in [0, 0.05) is 11.1 Å². The summed E-state index contributed by atoms with van der Waals surface area (Å²) in [6.07, 6.45) is 1.70. The zero-order valence-corrected chi connectivity index (χ0v) is 15.5. The summed E-state index contributed by atoms with van der Waals surface area (Å²) in [5.41, 5.74) is -0.158. The normalized spacial score (nSPS) is 10.7. The van der Waals surface area contributed by atoms with Crippen LogP contribution in [-0.4, -0.2) is 27.1 Å². The minimum atomic E-state index is -0.764. The molecule has 27 heavy (non-hydrogen) atoms. The number of nitro benzene ring substituents is 1. The number of ether oxygens (including phenoxy) is 1. The first-order valence-corrected chi connectivity index (χ1v) is 9.17. The summed E-state index contributed by atoms with van der Waals surface area (Å²) in [6.45, 7) is -0.297. The van der Waals surface area contributed by atoms with Gasteiger partial charge in [-0.3, -0.25) is 14.9 Å². The lowest BCUT2D eigenvalue weighted by Gasteiger charge is -2.07. The second kappa shape index (κ2) is 7.77. The van der Waals surface area contributed by atoms with Crippen molar-refractivity contribution < 1.29 is 14.5 Å². The van der Waals surface area contributed by atoms with Gasteiger partial charge in [-0.15, -0.1) is 11.8 Å².